The van der Waals surface area contributed by atoms with E-state index in [9.17, 15) is 39.0 Å². The van der Waals surface area contributed by atoms with E-state index in [0.717, 1.165) is 0 Å². The lowest BCUT2D eigenvalue weighted by Gasteiger charge is -2.30. The van der Waals surface area contributed by atoms with Gasteiger partial charge in [-0.25, -0.2) is 19.2 Å². The van der Waals surface area contributed by atoms with E-state index in [-0.39, 0.29) is 74.8 Å². The van der Waals surface area contributed by atoms with Crippen LogP contribution in [-0.2, 0) is 57.2 Å². The summed E-state index contributed by atoms with van der Waals surface area (Å²) in [6, 6.07) is 0. The average molecular weight is 697 g/mol. The van der Waals surface area contributed by atoms with Gasteiger partial charge in [0.05, 0.1) is 24.0 Å². The number of carbonyl (C=O) groups is 6. The predicted octanol–water partition coefficient (Wildman–Crippen LogP) is 3.24. The van der Waals surface area contributed by atoms with Crippen molar-refractivity contribution in [1.29, 1.82) is 0 Å². The lowest BCUT2D eigenvalue weighted by molar-refractivity contribution is -0.164. The standard InChI is InChI=1S/C35H52O14/c1-24(2)30(40)46-20-34(16-36,21-47-31(41)25(3)4)18-44-28(38)14-12-10-9-11-13-15-29(39)45-19-35(17-37,22-48-32(42)26(5)6)23-49-33(43)27(7)8/h36-37H,1,3,5,7,9-23H2,2,4,6,8H3. The zero-order chi connectivity index (χ0) is 37.6. The van der Waals surface area contributed by atoms with Crippen molar-refractivity contribution in [3.63, 3.8) is 0 Å². The molecule has 0 amide bonds. The van der Waals surface area contributed by atoms with Crippen molar-refractivity contribution in [2.75, 3.05) is 52.9 Å². The van der Waals surface area contributed by atoms with Crippen molar-refractivity contribution in [3.05, 3.63) is 48.6 Å². The van der Waals surface area contributed by atoms with Crippen LogP contribution in [0, 0.1) is 10.8 Å². The van der Waals surface area contributed by atoms with Gasteiger partial charge >= 0.3 is 35.8 Å². The first kappa shape index (κ1) is 44.7. The maximum atomic E-state index is 12.4. The van der Waals surface area contributed by atoms with E-state index in [1.165, 1.54) is 27.7 Å². The van der Waals surface area contributed by atoms with E-state index < -0.39 is 59.9 Å². The predicted molar refractivity (Wildman–Crippen MR) is 176 cm³/mol. The number of rotatable bonds is 26. The summed E-state index contributed by atoms with van der Waals surface area (Å²) in [5, 5.41) is 20.1. The highest BCUT2D eigenvalue weighted by Gasteiger charge is 2.37. The molecule has 0 spiro atoms. The molecule has 0 fully saturated rings. The highest BCUT2D eigenvalue weighted by molar-refractivity contribution is 5.88. The minimum Gasteiger partial charge on any atom is -0.465 e. The summed E-state index contributed by atoms with van der Waals surface area (Å²) in [5.74, 6) is -3.99. The van der Waals surface area contributed by atoms with Gasteiger partial charge < -0.3 is 38.6 Å². The molecule has 14 heteroatoms. The normalized spacial score (nSPS) is 11.1. The molecular formula is C35H52O14. The Morgan fingerprint density at radius 1 is 0.429 bits per heavy atom. The SMILES string of the molecule is C=C(C)C(=O)OCC(CO)(COC(=O)CCCCCCCC(=O)OCC(CO)(COC(=O)C(=C)C)COC(=O)C(=C)C)COC(=O)C(=C)C. The molecule has 2 N–H and O–H groups in total. The zero-order valence-corrected chi connectivity index (χ0v) is 29.2. The fourth-order valence-electron chi connectivity index (χ4n) is 3.57. The maximum absolute atomic E-state index is 12.4. The Kier molecular flexibility index (Phi) is 21.1. The first-order valence-electron chi connectivity index (χ1n) is 15.8. The fourth-order valence-corrected chi connectivity index (χ4v) is 3.57. The van der Waals surface area contributed by atoms with Crippen LogP contribution in [0.25, 0.3) is 0 Å². The number of aliphatic hydroxyl groups is 2. The maximum Gasteiger partial charge on any atom is 0.333 e. The summed E-state index contributed by atoms with van der Waals surface area (Å²) < 4.78 is 31.2. The summed E-state index contributed by atoms with van der Waals surface area (Å²) >= 11 is 0. The summed E-state index contributed by atoms with van der Waals surface area (Å²) in [6.07, 6.45) is 3.09. The van der Waals surface area contributed by atoms with Crippen LogP contribution in [0.5, 0.6) is 0 Å². The Hall–Kier alpha value is -4.30. The molecule has 0 rings (SSSR count). The van der Waals surface area contributed by atoms with Crippen molar-refractivity contribution in [2.45, 2.75) is 72.6 Å². The third kappa shape index (κ3) is 18.7. The molecule has 0 aromatic rings. The minimum atomic E-state index is -1.39. The van der Waals surface area contributed by atoms with Crippen molar-refractivity contribution in [1.82, 2.24) is 0 Å². The molecule has 0 saturated heterocycles. The number of hydrogen-bond acceptors (Lipinski definition) is 14. The summed E-state index contributed by atoms with van der Waals surface area (Å²) in [6.45, 7) is 16.2. The number of unbranched alkanes of at least 4 members (excludes halogenated alkanes) is 4. The lowest BCUT2D eigenvalue weighted by Crippen LogP contribution is -2.42. The van der Waals surface area contributed by atoms with Crippen molar-refractivity contribution < 1.29 is 67.4 Å². The highest BCUT2D eigenvalue weighted by Crippen LogP contribution is 2.22. The Balaban J connectivity index is 4.76. The van der Waals surface area contributed by atoms with Gasteiger partial charge in [-0.3, -0.25) is 9.59 Å². The third-order valence-corrected chi connectivity index (χ3v) is 6.94. The van der Waals surface area contributed by atoms with Gasteiger partial charge in [0, 0.05) is 35.1 Å². The molecule has 0 unspecified atom stereocenters. The number of carbonyl (C=O) groups excluding carboxylic acids is 6. The smallest absolute Gasteiger partial charge is 0.333 e. The molecule has 0 radical (unpaired) electrons. The second-order valence-electron chi connectivity index (χ2n) is 12.3. The van der Waals surface area contributed by atoms with Crippen molar-refractivity contribution in [3.8, 4) is 0 Å². The molecule has 276 valence electrons. The molecule has 0 aromatic carbocycles. The van der Waals surface area contributed by atoms with E-state index in [4.69, 9.17) is 28.4 Å². The van der Waals surface area contributed by atoms with E-state index in [2.05, 4.69) is 26.3 Å². The second-order valence-corrected chi connectivity index (χ2v) is 12.3. The molecule has 0 saturated carbocycles. The molecule has 0 bridgehead atoms. The monoisotopic (exact) mass is 696 g/mol. The van der Waals surface area contributed by atoms with Crippen LogP contribution in [0.4, 0.5) is 0 Å². The van der Waals surface area contributed by atoms with Crippen LogP contribution in [-0.4, -0.2) is 98.9 Å². The Bertz CT molecular complexity index is 1060. The number of hydrogen-bond donors (Lipinski definition) is 2. The molecule has 0 aliphatic carbocycles. The zero-order valence-electron chi connectivity index (χ0n) is 29.2. The van der Waals surface area contributed by atoms with Gasteiger partial charge in [-0.05, 0) is 40.5 Å². The number of esters is 6. The van der Waals surface area contributed by atoms with Crippen LogP contribution in [0.2, 0.25) is 0 Å². The van der Waals surface area contributed by atoms with Crippen LogP contribution < -0.4 is 0 Å². The molecule has 49 heavy (non-hydrogen) atoms. The molecule has 0 aromatic heterocycles. The highest BCUT2D eigenvalue weighted by atomic mass is 16.6. The second kappa shape index (κ2) is 23.1. The van der Waals surface area contributed by atoms with Gasteiger partial charge in [-0.1, -0.05) is 45.6 Å². The van der Waals surface area contributed by atoms with E-state index in [1.54, 1.807) is 0 Å². The van der Waals surface area contributed by atoms with Crippen LogP contribution in [0.1, 0.15) is 72.6 Å². The average Bonchev–Trinajstić information content (AvgIpc) is 3.06. The van der Waals surface area contributed by atoms with Crippen molar-refractivity contribution in [2.24, 2.45) is 10.8 Å². The Morgan fingerprint density at radius 3 is 0.878 bits per heavy atom. The summed E-state index contributed by atoms with van der Waals surface area (Å²) in [7, 11) is 0. The Labute approximate surface area is 288 Å². The molecule has 0 atom stereocenters. The largest absolute Gasteiger partial charge is 0.465 e. The van der Waals surface area contributed by atoms with Crippen LogP contribution >= 0.6 is 0 Å². The van der Waals surface area contributed by atoms with Gasteiger partial charge in [0.25, 0.3) is 0 Å². The van der Waals surface area contributed by atoms with Crippen molar-refractivity contribution >= 4 is 35.8 Å². The van der Waals surface area contributed by atoms with E-state index >= 15 is 0 Å². The molecule has 0 heterocycles. The van der Waals surface area contributed by atoms with Gasteiger partial charge in [0.1, 0.15) is 39.6 Å². The van der Waals surface area contributed by atoms with Crippen LogP contribution in [0.3, 0.4) is 0 Å². The van der Waals surface area contributed by atoms with Crippen LogP contribution in [0.15, 0.2) is 48.6 Å². The van der Waals surface area contributed by atoms with Gasteiger partial charge in [-0.2, -0.15) is 0 Å². The summed E-state index contributed by atoms with van der Waals surface area (Å²) in [5.41, 5.74) is -2.27. The fraction of sp³-hybridized carbons (Fsp3) is 0.600. The Morgan fingerprint density at radius 2 is 0.653 bits per heavy atom. The quantitative estimate of drug-likeness (QED) is 0.0578. The minimum absolute atomic E-state index is 0.0653. The molecule has 0 aliphatic rings. The van der Waals surface area contributed by atoms with Gasteiger partial charge in [0.2, 0.25) is 0 Å². The number of aliphatic hydroxyl groups excluding tert-OH is 2. The van der Waals surface area contributed by atoms with Gasteiger partial charge in [-0.15, -0.1) is 0 Å². The van der Waals surface area contributed by atoms with E-state index in [0.29, 0.717) is 32.1 Å². The first-order chi connectivity index (χ1) is 22.9. The third-order valence-electron chi connectivity index (χ3n) is 6.94. The molecular weight excluding hydrogens is 644 g/mol. The molecule has 0 aliphatic heterocycles. The lowest BCUT2D eigenvalue weighted by atomic mass is 9.92. The first-order valence-corrected chi connectivity index (χ1v) is 15.8. The van der Waals surface area contributed by atoms with E-state index in [1.807, 2.05) is 0 Å². The number of ether oxygens (including phenoxy) is 6. The molecule has 14 nitrogen and oxygen atoms in total. The van der Waals surface area contributed by atoms with Gasteiger partial charge in [0.15, 0.2) is 0 Å². The topological polar surface area (TPSA) is 198 Å². The summed E-state index contributed by atoms with van der Waals surface area (Å²) in [4.78, 5) is 72.3.